The molecule has 3 heterocycles. The van der Waals surface area contributed by atoms with Gasteiger partial charge in [0, 0.05) is 19.4 Å². The van der Waals surface area contributed by atoms with Crippen LogP contribution in [-0.4, -0.2) is 71.6 Å². The Hall–Kier alpha value is -2.22. The van der Waals surface area contributed by atoms with Gasteiger partial charge >= 0.3 is 6.09 Å². The fourth-order valence-corrected chi connectivity index (χ4v) is 6.56. The van der Waals surface area contributed by atoms with Crippen LogP contribution in [-0.2, 0) is 19.0 Å². The predicted molar refractivity (Wildman–Crippen MR) is 156 cm³/mol. The number of hydrogen-bond acceptors (Lipinski definition) is 6. The number of aliphatic hydroxyl groups excluding tert-OH is 1. The van der Waals surface area contributed by atoms with E-state index in [0.717, 1.165) is 50.5 Å². The molecule has 1 amide bonds. The van der Waals surface area contributed by atoms with E-state index in [0.29, 0.717) is 43.9 Å². The number of hydrogen-bond donors (Lipinski definition) is 1. The summed E-state index contributed by atoms with van der Waals surface area (Å²) in [6.07, 6.45) is 15.4. The molecule has 0 aromatic heterocycles. The third kappa shape index (κ3) is 7.95. The maximum atomic E-state index is 12.7. The highest BCUT2D eigenvalue weighted by Gasteiger charge is 2.55. The Labute approximate surface area is 240 Å². The van der Waals surface area contributed by atoms with Crippen LogP contribution in [0.5, 0.6) is 0 Å². The number of carbonyl (C=O) groups excluding carboxylic acids is 2. The summed E-state index contributed by atoms with van der Waals surface area (Å²) in [5.41, 5.74) is 1.79. The number of epoxide rings is 1. The monoisotopic (exact) mass is 555 g/mol. The second-order valence-corrected chi connectivity index (χ2v) is 12.7. The van der Waals surface area contributed by atoms with Crippen molar-refractivity contribution in [3.8, 4) is 0 Å². The van der Waals surface area contributed by atoms with Crippen LogP contribution in [0.3, 0.4) is 0 Å². The van der Waals surface area contributed by atoms with Crippen LogP contribution in [0.2, 0.25) is 0 Å². The van der Waals surface area contributed by atoms with Crippen molar-refractivity contribution < 1.29 is 28.9 Å². The van der Waals surface area contributed by atoms with Gasteiger partial charge in [-0.2, -0.15) is 0 Å². The van der Waals surface area contributed by atoms with Gasteiger partial charge in [0.25, 0.3) is 0 Å². The average Bonchev–Trinajstić information content (AvgIpc) is 3.50. The molecule has 0 aromatic rings. The van der Waals surface area contributed by atoms with Gasteiger partial charge in [0.2, 0.25) is 0 Å². The van der Waals surface area contributed by atoms with Crippen LogP contribution < -0.4 is 0 Å². The van der Waals surface area contributed by atoms with Crippen LogP contribution in [0.1, 0.15) is 79.1 Å². The van der Waals surface area contributed by atoms with E-state index in [-0.39, 0.29) is 29.6 Å². The maximum Gasteiger partial charge on any atom is 0.410 e. The number of aliphatic hydroxyl groups is 1. The fraction of sp³-hybridized carbons (Fsp3) is 0.697. The van der Waals surface area contributed by atoms with Gasteiger partial charge in [-0.3, -0.25) is 4.79 Å². The van der Waals surface area contributed by atoms with Gasteiger partial charge < -0.3 is 24.2 Å². The Morgan fingerprint density at radius 2 is 2.00 bits per heavy atom. The van der Waals surface area contributed by atoms with Crippen molar-refractivity contribution in [1.29, 1.82) is 0 Å². The van der Waals surface area contributed by atoms with E-state index in [4.69, 9.17) is 14.2 Å². The zero-order chi connectivity index (χ0) is 28.9. The van der Waals surface area contributed by atoms with Gasteiger partial charge in [0.15, 0.2) is 5.78 Å². The standard InChI is InChI=1S/C33H49NO6/c1-22(2)29-7-6-17-34(29)32(37)40-25(5)10-14-28(35)20-27-13-12-26(19-24(27)4)11-8-23(3)9-15-30-31(36)33(21-39-33)16-18-38-30/h8-10,14-15,24-27,29-31,36H,1,6-7,11-13,16-21H2,2-5H3/b14-10-,15-9+,23-8+/t24-,25-,26-,27-,29?,30?,31+,33+/m0/s1. The van der Waals surface area contributed by atoms with Crippen molar-refractivity contribution in [3.63, 3.8) is 0 Å². The first-order valence-electron chi connectivity index (χ1n) is 15.2. The highest BCUT2D eigenvalue weighted by molar-refractivity contribution is 5.89. The van der Waals surface area contributed by atoms with E-state index in [9.17, 15) is 14.7 Å². The van der Waals surface area contributed by atoms with Gasteiger partial charge in [-0.05, 0) is 89.2 Å². The number of ether oxygens (including phenoxy) is 3. The largest absolute Gasteiger partial charge is 0.442 e. The Morgan fingerprint density at radius 1 is 1.23 bits per heavy atom. The zero-order valence-electron chi connectivity index (χ0n) is 24.8. The van der Waals surface area contributed by atoms with Crippen molar-refractivity contribution in [2.45, 2.75) is 109 Å². The van der Waals surface area contributed by atoms with E-state index < -0.39 is 12.2 Å². The first-order chi connectivity index (χ1) is 19.1. The summed E-state index contributed by atoms with van der Waals surface area (Å²) >= 11 is 0. The Kier molecular flexibility index (Phi) is 10.5. The molecule has 2 unspecified atom stereocenters. The number of carbonyl (C=O) groups is 2. The Balaban J connectivity index is 1.16. The third-order valence-electron chi connectivity index (χ3n) is 9.34. The number of likely N-dealkylation sites (tertiary alicyclic amines) is 1. The lowest BCUT2D eigenvalue weighted by atomic mass is 9.72. The van der Waals surface area contributed by atoms with Gasteiger partial charge in [0.05, 0.1) is 19.3 Å². The van der Waals surface area contributed by atoms with Gasteiger partial charge in [0.1, 0.15) is 23.9 Å². The minimum absolute atomic E-state index is 0.0494. The Bertz CT molecular complexity index is 1010. The molecule has 0 aromatic carbocycles. The summed E-state index contributed by atoms with van der Waals surface area (Å²) in [5.74, 6) is 1.60. The van der Waals surface area contributed by atoms with Crippen molar-refractivity contribution in [2.75, 3.05) is 19.8 Å². The van der Waals surface area contributed by atoms with Gasteiger partial charge in [-0.15, -0.1) is 0 Å². The molecule has 8 atom stereocenters. The smallest absolute Gasteiger partial charge is 0.410 e. The lowest BCUT2D eigenvalue weighted by Gasteiger charge is -2.33. The minimum atomic E-state index is -0.596. The molecular weight excluding hydrogens is 506 g/mol. The third-order valence-corrected chi connectivity index (χ3v) is 9.34. The predicted octanol–water partition coefficient (Wildman–Crippen LogP) is 5.93. The zero-order valence-corrected chi connectivity index (χ0v) is 24.8. The number of allylic oxidation sites excluding steroid dienone is 4. The normalized spacial score (nSPS) is 35.4. The molecule has 1 aliphatic carbocycles. The lowest BCUT2D eigenvalue weighted by Crippen LogP contribution is -2.46. The molecule has 1 N–H and O–H groups in total. The van der Waals surface area contributed by atoms with Gasteiger partial charge in [-0.25, -0.2) is 4.79 Å². The molecule has 3 aliphatic heterocycles. The average molecular weight is 556 g/mol. The van der Waals surface area contributed by atoms with Crippen LogP contribution in [0, 0.1) is 17.8 Å². The number of amides is 1. The van der Waals surface area contributed by atoms with Crippen molar-refractivity contribution in [3.05, 3.63) is 48.1 Å². The molecular formula is C33H49NO6. The van der Waals surface area contributed by atoms with Crippen LogP contribution in [0.4, 0.5) is 4.79 Å². The summed E-state index contributed by atoms with van der Waals surface area (Å²) < 4.78 is 16.8. The molecule has 222 valence electrons. The first kappa shape index (κ1) is 30.7. The second-order valence-electron chi connectivity index (χ2n) is 12.7. The van der Waals surface area contributed by atoms with Crippen molar-refractivity contribution in [1.82, 2.24) is 4.90 Å². The van der Waals surface area contributed by atoms with E-state index in [1.54, 1.807) is 24.0 Å². The molecule has 4 aliphatic rings. The molecule has 7 nitrogen and oxygen atoms in total. The molecule has 3 saturated heterocycles. The van der Waals surface area contributed by atoms with E-state index in [1.807, 2.05) is 13.0 Å². The summed E-state index contributed by atoms with van der Waals surface area (Å²) in [6.45, 7) is 14.0. The first-order valence-corrected chi connectivity index (χ1v) is 15.2. The number of nitrogens with zero attached hydrogens (tertiary/aromatic N) is 1. The topological polar surface area (TPSA) is 88.6 Å². The van der Waals surface area contributed by atoms with E-state index >= 15 is 0 Å². The van der Waals surface area contributed by atoms with Crippen molar-refractivity contribution in [2.24, 2.45) is 17.8 Å². The fourth-order valence-electron chi connectivity index (χ4n) is 6.56. The molecule has 1 saturated carbocycles. The van der Waals surface area contributed by atoms with Crippen LogP contribution >= 0.6 is 0 Å². The van der Waals surface area contributed by atoms with E-state index in [1.165, 1.54) is 5.57 Å². The number of rotatable bonds is 10. The minimum Gasteiger partial charge on any atom is -0.442 e. The molecule has 40 heavy (non-hydrogen) atoms. The highest BCUT2D eigenvalue weighted by atomic mass is 16.6. The molecule has 1 spiro atoms. The lowest BCUT2D eigenvalue weighted by molar-refractivity contribution is -0.116. The molecule has 7 heteroatoms. The molecule has 0 radical (unpaired) electrons. The number of ketones is 1. The van der Waals surface area contributed by atoms with E-state index in [2.05, 4.69) is 32.6 Å². The SMILES string of the molecule is C=C(C)C1CCCN1C(=O)O[C@@H](C)/C=C\C(=O)C[C@@H]1CC[C@H](C/C=C(C)/C=C/C2OCC[C@@]3(CO3)[C@@H]2O)C[C@@H]1C. The summed E-state index contributed by atoms with van der Waals surface area (Å²) in [7, 11) is 0. The Morgan fingerprint density at radius 3 is 2.70 bits per heavy atom. The summed E-state index contributed by atoms with van der Waals surface area (Å²) in [4.78, 5) is 27.0. The quantitative estimate of drug-likeness (QED) is 0.156. The summed E-state index contributed by atoms with van der Waals surface area (Å²) in [6, 6.07) is 0.0494. The molecule has 0 bridgehead atoms. The van der Waals surface area contributed by atoms with Crippen molar-refractivity contribution >= 4 is 11.9 Å². The van der Waals surface area contributed by atoms with Crippen LogP contribution in [0.25, 0.3) is 0 Å². The van der Waals surface area contributed by atoms with Gasteiger partial charge in [-0.1, -0.05) is 42.9 Å². The highest BCUT2D eigenvalue weighted by Crippen LogP contribution is 2.40. The maximum absolute atomic E-state index is 12.7. The molecule has 4 rings (SSSR count). The summed E-state index contributed by atoms with van der Waals surface area (Å²) in [5, 5.41) is 10.5. The second kappa shape index (κ2) is 13.6. The van der Waals surface area contributed by atoms with Crippen LogP contribution in [0.15, 0.2) is 48.1 Å². The molecule has 4 fully saturated rings.